The van der Waals surface area contributed by atoms with Crippen molar-refractivity contribution in [2.45, 2.75) is 17.6 Å². The molecule has 76 valence electrons. The predicted octanol–water partition coefficient (Wildman–Crippen LogP) is 3.08. The molecule has 0 unspecified atom stereocenters. The van der Waals surface area contributed by atoms with Crippen molar-refractivity contribution in [3.05, 3.63) is 54.1 Å². The Morgan fingerprint density at radius 2 is 1.93 bits per heavy atom. The van der Waals surface area contributed by atoms with E-state index in [2.05, 4.69) is 16.0 Å². The molecule has 0 saturated heterocycles. The Morgan fingerprint density at radius 3 is 2.67 bits per heavy atom. The summed E-state index contributed by atoms with van der Waals surface area (Å²) in [4.78, 5) is 9.76. The van der Waals surface area contributed by atoms with E-state index >= 15 is 0 Å². The molecule has 0 amide bonds. The first-order chi connectivity index (χ1) is 7.36. The quantitative estimate of drug-likeness (QED) is 0.737. The molecule has 0 aliphatic rings. The van der Waals surface area contributed by atoms with Crippen LogP contribution in [0.25, 0.3) is 0 Å². The van der Waals surface area contributed by atoms with Crippen molar-refractivity contribution in [1.29, 1.82) is 0 Å². The number of nitrogens with zero attached hydrogens (tertiary/aromatic N) is 2. The van der Waals surface area contributed by atoms with E-state index in [0.29, 0.717) is 0 Å². The SMILES string of the molecule is Cc1ncccc1SCc1ccccn1. The summed E-state index contributed by atoms with van der Waals surface area (Å²) in [5, 5.41) is 0. The lowest BCUT2D eigenvalue weighted by Gasteiger charge is -2.03. The first-order valence-electron chi connectivity index (χ1n) is 4.80. The zero-order chi connectivity index (χ0) is 10.5. The van der Waals surface area contributed by atoms with Gasteiger partial charge in [0.25, 0.3) is 0 Å². The van der Waals surface area contributed by atoms with E-state index in [1.807, 2.05) is 43.6 Å². The van der Waals surface area contributed by atoms with Gasteiger partial charge in [-0.15, -0.1) is 11.8 Å². The zero-order valence-corrected chi connectivity index (χ0v) is 9.37. The zero-order valence-electron chi connectivity index (χ0n) is 8.55. The molecule has 0 spiro atoms. The van der Waals surface area contributed by atoms with Gasteiger partial charge in [0.05, 0.1) is 11.4 Å². The minimum absolute atomic E-state index is 0.896. The first-order valence-corrected chi connectivity index (χ1v) is 5.79. The standard InChI is InChI=1S/C12H12N2S/c1-10-12(6-4-8-13-10)15-9-11-5-2-3-7-14-11/h2-8H,9H2,1H3. The van der Waals surface area contributed by atoms with E-state index in [9.17, 15) is 0 Å². The highest BCUT2D eigenvalue weighted by Crippen LogP contribution is 2.23. The number of thioether (sulfide) groups is 1. The highest BCUT2D eigenvalue weighted by Gasteiger charge is 1.99. The first kappa shape index (κ1) is 10.2. The van der Waals surface area contributed by atoms with Crippen molar-refractivity contribution in [1.82, 2.24) is 9.97 Å². The molecule has 0 fully saturated rings. The lowest BCUT2D eigenvalue weighted by atomic mass is 10.4. The average molecular weight is 216 g/mol. The van der Waals surface area contributed by atoms with Gasteiger partial charge in [-0.3, -0.25) is 9.97 Å². The third-order valence-corrected chi connectivity index (χ3v) is 3.24. The molecule has 15 heavy (non-hydrogen) atoms. The van der Waals surface area contributed by atoms with Crippen LogP contribution in [0.1, 0.15) is 11.4 Å². The van der Waals surface area contributed by atoms with Gasteiger partial charge in [-0.25, -0.2) is 0 Å². The van der Waals surface area contributed by atoms with E-state index in [1.165, 1.54) is 4.90 Å². The Hall–Kier alpha value is -1.35. The summed E-state index contributed by atoms with van der Waals surface area (Å²) in [6.07, 6.45) is 3.64. The highest BCUT2D eigenvalue weighted by atomic mass is 32.2. The second-order valence-electron chi connectivity index (χ2n) is 3.20. The minimum Gasteiger partial charge on any atom is -0.260 e. The molecule has 0 saturated carbocycles. The van der Waals surface area contributed by atoms with Crippen LogP contribution in [0, 0.1) is 6.92 Å². The van der Waals surface area contributed by atoms with Crippen LogP contribution in [-0.2, 0) is 5.75 Å². The lowest BCUT2D eigenvalue weighted by molar-refractivity contribution is 1.11. The van der Waals surface area contributed by atoms with Crippen LogP contribution < -0.4 is 0 Å². The molecule has 0 aromatic carbocycles. The molecule has 0 aliphatic heterocycles. The van der Waals surface area contributed by atoms with E-state index in [0.717, 1.165) is 17.1 Å². The summed E-state index contributed by atoms with van der Waals surface area (Å²) in [7, 11) is 0. The van der Waals surface area contributed by atoms with Crippen LogP contribution in [0.2, 0.25) is 0 Å². The van der Waals surface area contributed by atoms with Crippen LogP contribution in [0.5, 0.6) is 0 Å². The van der Waals surface area contributed by atoms with Gasteiger partial charge in [-0.1, -0.05) is 6.07 Å². The van der Waals surface area contributed by atoms with E-state index in [4.69, 9.17) is 0 Å². The fourth-order valence-electron chi connectivity index (χ4n) is 1.26. The van der Waals surface area contributed by atoms with Gasteiger partial charge in [-0.2, -0.15) is 0 Å². The molecular weight excluding hydrogens is 204 g/mol. The Morgan fingerprint density at radius 1 is 1.07 bits per heavy atom. The van der Waals surface area contributed by atoms with Gasteiger partial charge in [0.2, 0.25) is 0 Å². The Bertz CT molecular complexity index is 429. The number of rotatable bonds is 3. The summed E-state index contributed by atoms with van der Waals surface area (Å²) in [6.45, 7) is 2.03. The summed E-state index contributed by atoms with van der Waals surface area (Å²) >= 11 is 1.78. The summed E-state index contributed by atoms with van der Waals surface area (Å²) in [5.74, 6) is 0.896. The second-order valence-corrected chi connectivity index (χ2v) is 4.21. The fourth-order valence-corrected chi connectivity index (χ4v) is 2.17. The molecule has 3 heteroatoms. The van der Waals surface area contributed by atoms with Gasteiger partial charge in [0.15, 0.2) is 0 Å². The van der Waals surface area contributed by atoms with Gasteiger partial charge in [-0.05, 0) is 31.2 Å². The van der Waals surface area contributed by atoms with Crippen LogP contribution in [-0.4, -0.2) is 9.97 Å². The molecule has 2 aromatic heterocycles. The number of aryl methyl sites for hydroxylation is 1. The normalized spacial score (nSPS) is 10.2. The second kappa shape index (κ2) is 4.94. The third kappa shape index (κ3) is 2.80. The van der Waals surface area contributed by atoms with Crippen molar-refractivity contribution >= 4 is 11.8 Å². The molecule has 0 atom stereocenters. The molecule has 0 bridgehead atoms. The molecule has 2 rings (SSSR count). The van der Waals surface area contributed by atoms with Crippen molar-refractivity contribution in [2.75, 3.05) is 0 Å². The number of hydrogen-bond donors (Lipinski definition) is 0. The van der Waals surface area contributed by atoms with Crippen molar-refractivity contribution in [3.8, 4) is 0 Å². The largest absolute Gasteiger partial charge is 0.260 e. The number of aromatic nitrogens is 2. The molecule has 0 aliphatic carbocycles. The molecule has 2 nitrogen and oxygen atoms in total. The predicted molar refractivity (Wildman–Crippen MR) is 62.8 cm³/mol. The molecule has 0 N–H and O–H groups in total. The summed E-state index contributed by atoms with van der Waals surface area (Å²) in [5.41, 5.74) is 2.18. The maximum atomic E-state index is 4.28. The summed E-state index contributed by atoms with van der Waals surface area (Å²) < 4.78 is 0. The van der Waals surface area contributed by atoms with Gasteiger partial charge < -0.3 is 0 Å². The van der Waals surface area contributed by atoms with Crippen LogP contribution in [0.15, 0.2) is 47.6 Å². The fraction of sp³-hybridized carbons (Fsp3) is 0.167. The maximum Gasteiger partial charge on any atom is 0.0508 e. The molecule has 2 heterocycles. The number of pyridine rings is 2. The molecule has 0 radical (unpaired) electrons. The van der Waals surface area contributed by atoms with Crippen LogP contribution >= 0.6 is 11.8 Å². The van der Waals surface area contributed by atoms with Crippen molar-refractivity contribution in [3.63, 3.8) is 0 Å². The minimum atomic E-state index is 0.896. The van der Waals surface area contributed by atoms with E-state index < -0.39 is 0 Å². The van der Waals surface area contributed by atoms with Crippen LogP contribution in [0.3, 0.4) is 0 Å². The average Bonchev–Trinajstić information content (AvgIpc) is 2.29. The van der Waals surface area contributed by atoms with E-state index in [1.54, 1.807) is 11.8 Å². The van der Waals surface area contributed by atoms with Crippen molar-refractivity contribution < 1.29 is 0 Å². The topological polar surface area (TPSA) is 25.8 Å². The third-order valence-electron chi connectivity index (χ3n) is 2.06. The highest BCUT2D eigenvalue weighted by molar-refractivity contribution is 7.98. The molecular formula is C12H12N2S. The van der Waals surface area contributed by atoms with Gasteiger partial charge in [0.1, 0.15) is 0 Å². The van der Waals surface area contributed by atoms with Crippen LogP contribution in [0.4, 0.5) is 0 Å². The van der Waals surface area contributed by atoms with Gasteiger partial charge in [0, 0.05) is 23.0 Å². The van der Waals surface area contributed by atoms with Crippen molar-refractivity contribution in [2.24, 2.45) is 0 Å². The Kier molecular flexibility index (Phi) is 3.35. The molecule has 2 aromatic rings. The Balaban J connectivity index is 2.03. The van der Waals surface area contributed by atoms with Gasteiger partial charge >= 0.3 is 0 Å². The number of hydrogen-bond acceptors (Lipinski definition) is 3. The lowest BCUT2D eigenvalue weighted by Crippen LogP contribution is -1.87. The Labute approximate surface area is 93.8 Å². The maximum absolute atomic E-state index is 4.28. The smallest absolute Gasteiger partial charge is 0.0508 e. The monoisotopic (exact) mass is 216 g/mol. The van der Waals surface area contributed by atoms with E-state index in [-0.39, 0.29) is 0 Å². The summed E-state index contributed by atoms with van der Waals surface area (Å²) in [6, 6.07) is 10.0.